The predicted octanol–water partition coefficient (Wildman–Crippen LogP) is 14.7. The molecule has 0 unspecified atom stereocenters. The van der Waals surface area contributed by atoms with E-state index < -0.39 is 5.41 Å². The Balaban J connectivity index is 1.22. The molecular formula is C55H34O. The molecule has 0 saturated heterocycles. The van der Waals surface area contributed by atoms with Crippen LogP contribution in [-0.2, 0) is 5.41 Å². The Labute approximate surface area is 324 Å². The van der Waals surface area contributed by atoms with E-state index >= 15 is 0 Å². The second-order valence-corrected chi connectivity index (χ2v) is 15.1. The summed E-state index contributed by atoms with van der Waals surface area (Å²) in [5.74, 6) is 0. The van der Waals surface area contributed by atoms with Crippen LogP contribution in [0.1, 0.15) is 22.3 Å². The monoisotopic (exact) mass is 710 g/mol. The minimum atomic E-state index is -0.614. The number of rotatable bonds is 4. The van der Waals surface area contributed by atoms with E-state index in [1.54, 1.807) is 0 Å². The highest BCUT2D eigenvalue weighted by Gasteiger charge is 2.48. The molecule has 0 spiro atoms. The summed E-state index contributed by atoms with van der Waals surface area (Å²) in [6.07, 6.45) is 0. The predicted molar refractivity (Wildman–Crippen MR) is 234 cm³/mol. The van der Waals surface area contributed by atoms with Gasteiger partial charge < -0.3 is 4.42 Å². The van der Waals surface area contributed by atoms with Gasteiger partial charge in [-0.2, -0.15) is 0 Å². The number of fused-ring (bicyclic) bond motifs is 11. The summed E-state index contributed by atoms with van der Waals surface area (Å²) in [6, 6.07) is 76.1. The standard InChI is InChI=1S/C55H34O/c1-3-18-41(19-4-1)55(42-20-5-2-6-21-42)49-34-40(43-24-13-25-50-51(43)47-31-28-36-15-9-12-23-45(36)54(47)56-50)29-30-46(49)52-44-22-11-10-17-38(44)33-48(53(52)55)39-27-26-35-14-7-8-16-37(35)32-39/h1-34H. The molecular weight excluding hydrogens is 677 g/mol. The lowest BCUT2D eigenvalue weighted by molar-refractivity contribution is 0.673. The molecule has 0 saturated carbocycles. The van der Waals surface area contributed by atoms with Gasteiger partial charge in [0.15, 0.2) is 0 Å². The molecule has 0 N–H and O–H groups in total. The van der Waals surface area contributed by atoms with Crippen molar-refractivity contribution in [3.8, 4) is 33.4 Å². The highest BCUT2D eigenvalue weighted by molar-refractivity contribution is 6.19. The molecule has 1 heterocycles. The van der Waals surface area contributed by atoms with Gasteiger partial charge in [0.05, 0.1) is 5.41 Å². The molecule has 0 aliphatic heterocycles. The third-order valence-electron chi connectivity index (χ3n) is 12.3. The zero-order valence-corrected chi connectivity index (χ0v) is 30.5. The lowest BCUT2D eigenvalue weighted by Crippen LogP contribution is -2.29. The molecule has 1 aliphatic rings. The van der Waals surface area contributed by atoms with E-state index in [4.69, 9.17) is 4.42 Å². The summed E-state index contributed by atoms with van der Waals surface area (Å²) in [4.78, 5) is 0. The van der Waals surface area contributed by atoms with E-state index in [1.807, 2.05) is 0 Å². The van der Waals surface area contributed by atoms with Gasteiger partial charge in [-0.3, -0.25) is 0 Å². The first-order valence-corrected chi connectivity index (χ1v) is 19.4. The molecule has 11 aromatic rings. The summed E-state index contributed by atoms with van der Waals surface area (Å²) in [6.45, 7) is 0. The average molecular weight is 711 g/mol. The van der Waals surface area contributed by atoms with Gasteiger partial charge in [-0.25, -0.2) is 0 Å². The Bertz CT molecular complexity index is 3310. The maximum atomic E-state index is 6.69. The summed E-state index contributed by atoms with van der Waals surface area (Å²) in [7, 11) is 0. The lowest BCUT2D eigenvalue weighted by Gasteiger charge is -2.35. The molecule has 0 amide bonds. The average Bonchev–Trinajstić information content (AvgIpc) is 3.81. The second-order valence-electron chi connectivity index (χ2n) is 15.1. The first kappa shape index (κ1) is 31.2. The van der Waals surface area contributed by atoms with Crippen molar-refractivity contribution in [2.24, 2.45) is 0 Å². The van der Waals surface area contributed by atoms with Gasteiger partial charge in [-0.1, -0.05) is 176 Å². The second kappa shape index (κ2) is 11.9. The molecule has 260 valence electrons. The Hall–Kier alpha value is -7.22. The van der Waals surface area contributed by atoms with Crippen LogP contribution in [0, 0.1) is 0 Å². The van der Waals surface area contributed by atoms with Gasteiger partial charge in [0.1, 0.15) is 11.2 Å². The van der Waals surface area contributed by atoms with Gasteiger partial charge in [-0.05, 0) is 113 Å². The first-order chi connectivity index (χ1) is 27.8. The molecule has 1 aliphatic carbocycles. The zero-order chi connectivity index (χ0) is 36.8. The van der Waals surface area contributed by atoms with Crippen LogP contribution in [0.25, 0.3) is 87.6 Å². The Morgan fingerprint density at radius 2 is 0.982 bits per heavy atom. The van der Waals surface area contributed by atoms with Crippen molar-refractivity contribution in [3.63, 3.8) is 0 Å². The summed E-state index contributed by atoms with van der Waals surface area (Å²) < 4.78 is 6.69. The third-order valence-corrected chi connectivity index (χ3v) is 12.3. The van der Waals surface area contributed by atoms with Crippen molar-refractivity contribution in [3.05, 3.63) is 229 Å². The normalized spacial score (nSPS) is 13.1. The van der Waals surface area contributed by atoms with Crippen LogP contribution in [0.5, 0.6) is 0 Å². The fourth-order valence-corrected chi connectivity index (χ4v) is 9.91. The van der Waals surface area contributed by atoms with Crippen molar-refractivity contribution < 1.29 is 4.42 Å². The summed E-state index contributed by atoms with van der Waals surface area (Å²) >= 11 is 0. The molecule has 1 nitrogen and oxygen atoms in total. The van der Waals surface area contributed by atoms with Gasteiger partial charge >= 0.3 is 0 Å². The Morgan fingerprint density at radius 3 is 1.77 bits per heavy atom. The van der Waals surface area contributed by atoms with E-state index in [0.29, 0.717) is 0 Å². The quantitative estimate of drug-likeness (QED) is 0.177. The van der Waals surface area contributed by atoms with Crippen molar-refractivity contribution in [2.75, 3.05) is 0 Å². The highest BCUT2D eigenvalue weighted by Crippen LogP contribution is 2.61. The van der Waals surface area contributed by atoms with Crippen LogP contribution in [0.2, 0.25) is 0 Å². The van der Waals surface area contributed by atoms with E-state index in [-0.39, 0.29) is 0 Å². The van der Waals surface area contributed by atoms with Gasteiger partial charge in [0.25, 0.3) is 0 Å². The maximum absolute atomic E-state index is 6.69. The van der Waals surface area contributed by atoms with E-state index in [0.717, 1.165) is 27.3 Å². The smallest absolute Gasteiger partial charge is 0.143 e. The SMILES string of the molecule is c1ccc(C2(c3ccccc3)c3cc(-c4cccc5oc6c7ccccc7ccc6c45)ccc3-c3c2c(-c2ccc4ccccc4c2)cc2ccccc32)cc1. The van der Waals surface area contributed by atoms with Gasteiger partial charge in [-0.15, -0.1) is 0 Å². The number of hydrogen-bond donors (Lipinski definition) is 0. The van der Waals surface area contributed by atoms with E-state index in [2.05, 4.69) is 206 Å². The van der Waals surface area contributed by atoms with Gasteiger partial charge in [0.2, 0.25) is 0 Å². The summed E-state index contributed by atoms with van der Waals surface area (Å²) in [5.41, 5.74) is 13.7. The van der Waals surface area contributed by atoms with Crippen molar-refractivity contribution in [1.29, 1.82) is 0 Å². The molecule has 0 fully saturated rings. The van der Waals surface area contributed by atoms with Crippen LogP contribution in [0.3, 0.4) is 0 Å². The number of hydrogen-bond acceptors (Lipinski definition) is 1. The molecule has 0 bridgehead atoms. The Kier molecular flexibility index (Phi) is 6.62. The molecule has 56 heavy (non-hydrogen) atoms. The summed E-state index contributed by atoms with van der Waals surface area (Å²) in [5, 5.41) is 9.59. The number of furan rings is 1. The molecule has 10 aromatic carbocycles. The Morgan fingerprint density at radius 1 is 0.357 bits per heavy atom. The van der Waals surface area contributed by atoms with Crippen LogP contribution in [-0.4, -0.2) is 0 Å². The minimum Gasteiger partial charge on any atom is -0.455 e. The zero-order valence-electron chi connectivity index (χ0n) is 30.5. The highest BCUT2D eigenvalue weighted by atomic mass is 16.3. The topological polar surface area (TPSA) is 13.1 Å². The number of benzene rings is 10. The largest absolute Gasteiger partial charge is 0.455 e. The van der Waals surface area contributed by atoms with Gasteiger partial charge in [0, 0.05) is 16.2 Å². The van der Waals surface area contributed by atoms with E-state index in [1.165, 1.54) is 82.6 Å². The van der Waals surface area contributed by atoms with Crippen LogP contribution < -0.4 is 0 Å². The lowest BCUT2D eigenvalue weighted by atomic mass is 9.65. The van der Waals surface area contributed by atoms with Crippen molar-refractivity contribution in [1.82, 2.24) is 0 Å². The fraction of sp³-hybridized carbons (Fsp3) is 0.0182. The molecule has 1 aromatic heterocycles. The van der Waals surface area contributed by atoms with Crippen LogP contribution in [0.4, 0.5) is 0 Å². The van der Waals surface area contributed by atoms with Crippen molar-refractivity contribution in [2.45, 2.75) is 5.41 Å². The van der Waals surface area contributed by atoms with Crippen LogP contribution >= 0.6 is 0 Å². The van der Waals surface area contributed by atoms with Crippen LogP contribution in [0.15, 0.2) is 211 Å². The van der Waals surface area contributed by atoms with E-state index in [9.17, 15) is 0 Å². The van der Waals surface area contributed by atoms with Crippen molar-refractivity contribution >= 4 is 54.3 Å². The first-order valence-electron chi connectivity index (χ1n) is 19.4. The minimum absolute atomic E-state index is 0.614. The molecule has 1 heteroatoms. The molecule has 0 radical (unpaired) electrons. The molecule has 0 atom stereocenters. The molecule has 12 rings (SSSR count). The third kappa shape index (κ3) is 4.31. The fourth-order valence-electron chi connectivity index (χ4n) is 9.91. The maximum Gasteiger partial charge on any atom is 0.143 e.